The first-order valence-corrected chi connectivity index (χ1v) is 6.07. The molecule has 0 unspecified atom stereocenters. The van der Waals surface area contributed by atoms with Gasteiger partial charge in [-0.1, -0.05) is 37.6 Å². The summed E-state index contributed by atoms with van der Waals surface area (Å²) in [6, 6.07) is 8.51. The molecule has 0 heterocycles. The topological polar surface area (TPSA) is 21.3 Å². The van der Waals surface area contributed by atoms with Crippen molar-refractivity contribution in [2.45, 2.75) is 32.6 Å². The van der Waals surface area contributed by atoms with Crippen LogP contribution in [0.1, 0.15) is 30.9 Å². The van der Waals surface area contributed by atoms with Crippen LogP contribution < -0.4 is 5.48 Å². The maximum Gasteiger partial charge on any atom is 0.418 e. The SMILES string of the molecule is CCCCc1ccccc1CC#C[B]ONC. The zero-order valence-corrected chi connectivity index (χ0v) is 10.6. The predicted octanol–water partition coefficient (Wildman–Crippen LogP) is 2.30. The molecule has 0 atom stereocenters. The lowest BCUT2D eigenvalue weighted by molar-refractivity contribution is 0.242. The zero-order chi connectivity index (χ0) is 12.3. The number of unbranched alkanes of at least 4 members (excludes halogenated alkanes) is 1. The number of hydrogen-bond acceptors (Lipinski definition) is 2. The van der Waals surface area contributed by atoms with Gasteiger partial charge >= 0.3 is 7.48 Å². The van der Waals surface area contributed by atoms with Gasteiger partial charge in [-0.3, -0.25) is 0 Å². The van der Waals surface area contributed by atoms with Gasteiger partial charge in [-0.2, -0.15) is 0 Å². The zero-order valence-electron chi connectivity index (χ0n) is 10.6. The molecule has 0 saturated heterocycles. The summed E-state index contributed by atoms with van der Waals surface area (Å²) >= 11 is 0. The van der Waals surface area contributed by atoms with E-state index in [0.717, 1.165) is 12.8 Å². The average Bonchev–Trinajstić information content (AvgIpc) is 2.37. The molecule has 1 N–H and O–H groups in total. The van der Waals surface area contributed by atoms with Crippen molar-refractivity contribution in [2.24, 2.45) is 0 Å². The molecule has 1 aromatic carbocycles. The highest BCUT2D eigenvalue weighted by Gasteiger charge is 1.99. The molecule has 0 spiro atoms. The Kier molecular flexibility index (Phi) is 7.21. The molecule has 3 heteroatoms. The molecule has 17 heavy (non-hydrogen) atoms. The summed E-state index contributed by atoms with van der Waals surface area (Å²) in [7, 11) is 3.17. The largest absolute Gasteiger partial charge is 0.418 e. The molecule has 0 saturated carbocycles. The summed E-state index contributed by atoms with van der Waals surface area (Å²) in [5.74, 6) is 5.94. The van der Waals surface area contributed by atoms with E-state index in [1.165, 1.54) is 31.5 Å². The number of nitrogens with one attached hydrogen (secondary N) is 1. The first kappa shape index (κ1) is 13.8. The molecule has 0 aromatic heterocycles. The van der Waals surface area contributed by atoms with Crippen LogP contribution in [-0.4, -0.2) is 14.5 Å². The van der Waals surface area contributed by atoms with Gasteiger partial charge in [0.1, 0.15) is 0 Å². The van der Waals surface area contributed by atoms with Crippen LogP contribution in [0.4, 0.5) is 0 Å². The molecule has 1 aromatic rings. The second kappa shape index (κ2) is 8.86. The third kappa shape index (κ3) is 5.58. The molecule has 0 aliphatic carbocycles. The van der Waals surface area contributed by atoms with E-state index >= 15 is 0 Å². The summed E-state index contributed by atoms with van der Waals surface area (Å²) in [6.07, 6.45) is 4.39. The average molecular weight is 228 g/mol. The van der Waals surface area contributed by atoms with E-state index in [1.54, 1.807) is 7.05 Å². The van der Waals surface area contributed by atoms with E-state index in [1.807, 2.05) is 0 Å². The van der Waals surface area contributed by atoms with Gasteiger partial charge in [-0.25, -0.2) is 5.48 Å². The van der Waals surface area contributed by atoms with E-state index in [-0.39, 0.29) is 0 Å². The van der Waals surface area contributed by atoms with E-state index in [0.29, 0.717) is 0 Å². The lowest BCUT2D eigenvalue weighted by atomic mass is 9.98. The van der Waals surface area contributed by atoms with Gasteiger partial charge in [0.15, 0.2) is 0 Å². The normalized spacial score (nSPS) is 9.53. The fraction of sp³-hybridized carbons (Fsp3) is 0.429. The number of aryl methyl sites for hydroxylation is 1. The number of hydroxylamine groups is 1. The monoisotopic (exact) mass is 228 g/mol. The van der Waals surface area contributed by atoms with Gasteiger partial charge in [0.25, 0.3) is 0 Å². The Bertz CT molecular complexity index is 381. The minimum atomic E-state index is 0.781. The van der Waals surface area contributed by atoms with Crippen molar-refractivity contribution in [3.63, 3.8) is 0 Å². The molecule has 0 bridgehead atoms. The minimum absolute atomic E-state index is 0.781. The number of benzene rings is 1. The van der Waals surface area contributed by atoms with Crippen molar-refractivity contribution in [2.75, 3.05) is 7.05 Å². The Balaban J connectivity index is 2.53. The maximum atomic E-state index is 4.82. The molecule has 0 fully saturated rings. The maximum absolute atomic E-state index is 4.82. The van der Waals surface area contributed by atoms with Crippen molar-refractivity contribution in [1.82, 2.24) is 5.48 Å². The molecule has 0 aliphatic rings. The van der Waals surface area contributed by atoms with E-state index in [4.69, 9.17) is 4.76 Å². The highest BCUT2D eigenvalue weighted by atomic mass is 16.6. The van der Waals surface area contributed by atoms with Crippen molar-refractivity contribution >= 4 is 7.48 Å². The fourth-order valence-corrected chi connectivity index (χ4v) is 1.62. The van der Waals surface area contributed by atoms with Crippen molar-refractivity contribution in [3.8, 4) is 11.7 Å². The lowest BCUT2D eigenvalue weighted by Crippen LogP contribution is -2.09. The Morgan fingerprint density at radius 1 is 1.29 bits per heavy atom. The van der Waals surface area contributed by atoms with Crippen LogP contribution in [0, 0.1) is 11.7 Å². The van der Waals surface area contributed by atoms with Crippen LogP contribution in [0.25, 0.3) is 0 Å². The van der Waals surface area contributed by atoms with Crippen LogP contribution in [0.5, 0.6) is 0 Å². The molecule has 2 nitrogen and oxygen atoms in total. The van der Waals surface area contributed by atoms with Crippen LogP contribution in [0.15, 0.2) is 24.3 Å². The van der Waals surface area contributed by atoms with Gasteiger partial charge in [0, 0.05) is 13.5 Å². The molecular weight excluding hydrogens is 209 g/mol. The van der Waals surface area contributed by atoms with Gasteiger partial charge < -0.3 is 4.76 Å². The second-order valence-electron chi connectivity index (χ2n) is 3.81. The molecule has 1 rings (SSSR count). The van der Waals surface area contributed by atoms with Gasteiger partial charge in [0.2, 0.25) is 0 Å². The Labute approximate surface area is 105 Å². The summed E-state index contributed by atoms with van der Waals surface area (Å²) in [5.41, 5.74) is 5.29. The molecule has 0 aliphatic heterocycles. The Hall–Kier alpha value is -1.24. The van der Waals surface area contributed by atoms with Crippen LogP contribution in [0.3, 0.4) is 0 Å². The highest BCUT2D eigenvalue weighted by molar-refractivity contribution is 6.38. The van der Waals surface area contributed by atoms with Gasteiger partial charge in [0.05, 0.1) is 0 Å². The van der Waals surface area contributed by atoms with Gasteiger partial charge in [-0.05, 0) is 24.0 Å². The smallest absolute Gasteiger partial charge is 0.351 e. The number of rotatable bonds is 6. The second-order valence-corrected chi connectivity index (χ2v) is 3.81. The van der Waals surface area contributed by atoms with Crippen molar-refractivity contribution in [1.29, 1.82) is 0 Å². The standard InChI is InChI=1S/C14H19BNO/c1-3-4-8-13-9-5-6-10-14(13)11-7-12-15-17-16-2/h5-6,9-10,16H,3-4,8,11H2,1-2H3. The predicted molar refractivity (Wildman–Crippen MR) is 72.4 cm³/mol. The first-order valence-electron chi connectivity index (χ1n) is 6.07. The Morgan fingerprint density at radius 3 is 2.76 bits per heavy atom. The van der Waals surface area contributed by atoms with Crippen LogP contribution >= 0.6 is 0 Å². The third-order valence-electron chi connectivity index (χ3n) is 2.53. The van der Waals surface area contributed by atoms with E-state index < -0.39 is 0 Å². The quantitative estimate of drug-likeness (QED) is 0.349. The van der Waals surface area contributed by atoms with E-state index in [2.05, 4.69) is 48.4 Å². The van der Waals surface area contributed by atoms with E-state index in [9.17, 15) is 0 Å². The minimum Gasteiger partial charge on any atom is -0.351 e. The Morgan fingerprint density at radius 2 is 2.06 bits per heavy atom. The summed E-state index contributed by atoms with van der Waals surface area (Å²) in [5, 5.41) is 0. The molecular formula is C14H19BNO. The summed E-state index contributed by atoms with van der Waals surface area (Å²) in [6.45, 7) is 2.21. The highest BCUT2D eigenvalue weighted by Crippen LogP contribution is 2.12. The summed E-state index contributed by atoms with van der Waals surface area (Å²) in [4.78, 5) is 0. The fourth-order valence-electron chi connectivity index (χ4n) is 1.62. The third-order valence-corrected chi connectivity index (χ3v) is 2.53. The lowest BCUT2D eigenvalue weighted by Gasteiger charge is -2.05. The van der Waals surface area contributed by atoms with Crippen molar-refractivity contribution < 1.29 is 4.76 Å². The number of hydrogen-bond donors (Lipinski definition) is 1. The van der Waals surface area contributed by atoms with Gasteiger partial charge in [-0.15, -0.1) is 11.7 Å². The molecule has 0 amide bonds. The van der Waals surface area contributed by atoms with Crippen LogP contribution in [0.2, 0.25) is 0 Å². The molecule has 1 radical (unpaired) electrons. The van der Waals surface area contributed by atoms with Crippen molar-refractivity contribution in [3.05, 3.63) is 35.4 Å². The summed E-state index contributed by atoms with van der Waals surface area (Å²) < 4.78 is 4.82. The molecule has 89 valence electrons. The van der Waals surface area contributed by atoms with Crippen LogP contribution in [-0.2, 0) is 17.6 Å². The first-order chi connectivity index (χ1) is 8.38.